The van der Waals surface area contributed by atoms with Crippen molar-refractivity contribution < 1.29 is 23.9 Å². The van der Waals surface area contributed by atoms with E-state index in [1.807, 2.05) is 54.1 Å². The average Bonchev–Trinajstić information content (AvgIpc) is 3.60. The first kappa shape index (κ1) is 25.0. The predicted octanol–water partition coefficient (Wildman–Crippen LogP) is 4.16. The highest BCUT2D eigenvalue weighted by Gasteiger charge is 2.36. The Kier molecular flexibility index (Phi) is 7.25. The van der Waals surface area contributed by atoms with E-state index in [0.717, 1.165) is 58.1 Å². The van der Waals surface area contributed by atoms with E-state index in [1.165, 1.54) is 0 Å². The Labute approximate surface area is 218 Å². The fourth-order valence-corrected chi connectivity index (χ4v) is 5.35. The number of aryl methyl sites for hydroxylation is 1. The summed E-state index contributed by atoms with van der Waals surface area (Å²) in [6, 6.07) is 14.6. The van der Waals surface area contributed by atoms with Crippen LogP contribution in [0.4, 0.5) is 4.79 Å². The summed E-state index contributed by atoms with van der Waals surface area (Å²) < 4.78 is 7.40. The maximum absolute atomic E-state index is 13.1. The van der Waals surface area contributed by atoms with Crippen LogP contribution in [0, 0.1) is 6.92 Å². The number of carbonyl (C=O) groups is 4. The molecule has 2 aromatic carbocycles. The standard InChI is InChI=1S/C28H27N3O5S/c1-18-8-10-19(11-9-18)24(32)16-31-27(34)25(37-28(31)35)13-20-15-30(23-7-3-2-6-22(20)23)17-26(33)29-14-21-5-4-12-36-21/h2-3,6-11,13,15,21H,4-5,12,14,16-17H2,1H3,(H,29,33)/b25-13-/t21-/m1/s1. The molecule has 1 atom stereocenters. The Morgan fingerprint density at radius 1 is 1.11 bits per heavy atom. The van der Waals surface area contributed by atoms with Gasteiger partial charge in [-0.3, -0.25) is 24.1 Å². The van der Waals surface area contributed by atoms with Crippen LogP contribution in [-0.2, 0) is 20.9 Å². The molecule has 0 saturated carbocycles. The maximum atomic E-state index is 13.1. The number of nitrogens with one attached hydrogen (secondary N) is 1. The van der Waals surface area contributed by atoms with E-state index in [1.54, 1.807) is 18.2 Å². The Hall–Kier alpha value is -3.69. The van der Waals surface area contributed by atoms with Crippen LogP contribution < -0.4 is 5.32 Å². The largest absolute Gasteiger partial charge is 0.376 e. The van der Waals surface area contributed by atoms with Gasteiger partial charge in [0.2, 0.25) is 5.91 Å². The molecule has 0 bridgehead atoms. The molecule has 9 heteroatoms. The van der Waals surface area contributed by atoms with Gasteiger partial charge in [-0.1, -0.05) is 48.0 Å². The highest BCUT2D eigenvalue weighted by Crippen LogP contribution is 2.34. The average molecular weight is 518 g/mol. The lowest BCUT2D eigenvalue weighted by atomic mass is 10.1. The van der Waals surface area contributed by atoms with Gasteiger partial charge in [-0.2, -0.15) is 0 Å². The summed E-state index contributed by atoms with van der Waals surface area (Å²) in [5, 5.41) is 3.31. The van der Waals surface area contributed by atoms with Crippen LogP contribution in [-0.4, -0.2) is 58.1 Å². The van der Waals surface area contributed by atoms with E-state index < -0.39 is 11.1 Å². The fraction of sp³-hybridized carbons (Fsp3) is 0.286. The molecule has 2 aliphatic rings. The van der Waals surface area contributed by atoms with E-state index in [0.29, 0.717) is 12.1 Å². The fourth-order valence-electron chi connectivity index (χ4n) is 4.52. The number of hydrogen-bond acceptors (Lipinski definition) is 6. The molecule has 3 heterocycles. The molecule has 5 rings (SSSR count). The van der Waals surface area contributed by atoms with Gasteiger partial charge in [-0.05, 0) is 43.7 Å². The summed E-state index contributed by atoms with van der Waals surface area (Å²) in [4.78, 5) is 52.1. The number of ether oxygens (including phenoxy) is 1. The van der Waals surface area contributed by atoms with Gasteiger partial charge in [-0.25, -0.2) is 0 Å². The molecule has 0 aliphatic carbocycles. The van der Waals surface area contributed by atoms with Crippen molar-refractivity contribution in [3.63, 3.8) is 0 Å². The molecule has 1 N–H and O–H groups in total. The van der Waals surface area contributed by atoms with Gasteiger partial charge in [0.1, 0.15) is 6.54 Å². The van der Waals surface area contributed by atoms with Crippen LogP contribution in [0.15, 0.2) is 59.6 Å². The summed E-state index contributed by atoms with van der Waals surface area (Å²) in [6.45, 7) is 2.95. The summed E-state index contributed by atoms with van der Waals surface area (Å²) in [5.41, 5.74) is 3.03. The maximum Gasteiger partial charge on any atom is 0.293 e. The number of rotatable bonds is 8. The number of imide groups is 1. The van der Waals surface area contributed by atoms with Gasteiger partial charge in [-0.15, -0.1) is 0 Å². The van der Waals surface area contributed by atoms with Gasteiger partial charge in [0, 0.05) is 41.4 Å². The molecule has 8 nitrogen and oxygen atoms in total. The molecular weight excluding hydrogens is 490 g/mol. The minimum atomic E-state index is -0.499. The first-order valence-electron chi connectivity index (χ1n) is 12.2. The number of thioether (sulfide) groups is 1. The van der Waals surface area contributed by atoms with E-state index in [4.69, 9.17) is 4.74 Å². The van der Waals surface area contributed by atoms with Crippen LogP contribution in [0.25, 0.3) is 17.0 Å². The van der Waals surface area contributed by atoms with Crippen molar-refractivity contribution in [1.82, 2.24) is 14.8 Å². The summed E-state index contributed by atoms with van der Waals surface area (Å²) in [6.07, 6.45) is 5.49. The number of fused-ring (bicyclic) bond motifs is 1. The number of amides is 3. The molecule has 3 amide bonds. The smallest absolute Gasteiger partial charge is 0.293 e. The highest BCUT2D eigenvalue weighted by molar-refractivity contribution is 8.18. The number of benzene rings is 2. The highest BCUT2D eigenvalue weighted by atomic mass is 32.2. The number of ketones is 1. The van der Waals surface area contributed by atoms with E-state index in [-0.39, 0.29) is 35.8 Å². The second-order valence-corrected chi connectivity index (χ2v) is 10.2. The lowest BCUT2D eigenvalue weighted by Crippen LogP contribution is -2.34. The van der Waals surface area contributed by atoms with Crippen LogP contribution in [0.3, 0.4) is 0 Å². The summed E-state index contributed by atoms with van der Waals surface area (Å²) in [7, 11) is 0. The lowest BCUT2D eigenvalue weighted by molar-refractivity contribution is -0.123. The molecular formula is C28H27N3O5S. The van der Waals surface area contributed by atoms with Crippen LogP contribution in [0.5, 0.6) is 0 Å². The number of para-hydroxylation sites is 1. The van der Waals surface area contributed by atoms with Crippen LogP contribution in [0.2, 0.25) is 0 Å². The minimum Gasteiger partial charge on any atom is -0.376 e. The third-order valence-electron chi connectivity index (χ3n) is 6.52. The van der Waals surface area contributed by atoms with Gasteiger partial charge >= 0.3 is 0 Å². The van der Waals surface area contributed by atoms with Crippen LogP contribution >= 0.6 is 11.8 Å². The Balaban J connectivity index is 1.32. The van der Waals surface area contributed by atoms with Crippen molar-refractivity contribution in [3.8, 4) is 0 Å². The molecule has 2 fully saturated rings. The van der Waals surface area contributed by atoms with Crippen molar-refractivity contribution in [1.29, 1.82) is 0 Å². The molecule has 0 unspecified atom stereocenters. The molecule has 0 radical (unpaired) electrons. The summed E-state index contributed by atoms with van der Waals surface area (Å²) >= 11 is 0.814. The van der Waals surface area contributed by atoms with Gasteiger partial charge < -0.3 is 14.6 Å². The van der Waals surface area contributed by atoms with Gasteiger partial charge in [0.05, 0.1) is 17.6 Å². The molecule has 0 spiro atoms. The normalized spacial score (nSPS) is 18.8. The zero-order valence-corrected chi connectivity index (χ0v) is 21.3. The van der Waals surface area contributed by atoms with Crippen molar-refractivity contribution in [3.05, 3.63) is 76.3 Å². The molecule has 190 valence electrons. The Bertz CT molecular complexity index is 1400. The number of Topliss-reactive ketones (excluding diaryl/α,β-unsaturated/α-hetero) is 1. The molecule has 3 aromatic rings. The van der Waals surface area contributed by atoms with E-state index in [2.05, 4.69) is 5.32 Å². The second-order valence-electron chi connectivity index (χ2n) is 9.23. The quantitative estimate of drug-likeness (QED) is 0.356. The molecule has 1 aromatic heterocycles. The molecule has 37 heavy (non-hydrogen) atoms. The number of carbonyl (C=O) groups excluding carboxylic acids is 4. The number of hydrogen-bond donors (Lipinski definition) is 1. The summed E-state index contributed by atoms with van der Waals surface area (Å²) in [5.74, 6) is -0.923. The first-order chi connectivity index (χ1) is 17.9. The SMILES string of the molecule is Cc1ccc(C(=O)CN2C(=O)S/C(=C\c3cn(CC(=O)NC[C@H]4CCCO4)c4ccccc34)C2=O)cc1. The van der Waals surface area contributed by atoms with Crippen molar-refractivity contribution >= 4 is 51.6 Å². The zero-order chi connectivity index (χ0) is 25.9. The number of nitrogens with zero attached hydrogens (tertiary/aromatic N) is 2. The van der Waals surface area contributed by atoms with Crippen molar-refractivity contribution in [2.75, 3.05) is 19.7 Å². The third kappa shape index (κ3) is 5.52. The van der Waals surface area contributed by atoms with E-state index >= 15 is 0 Å². The number of aromatic nitrogens is 1. The minimum absolute atomic E-state index is 0.0643. The van der Waals surface area contributed by atoms with Crippen LogP contribution in [0.1, 0.15) is 34.3 Å². The zero-order valence-electron chi connectivity index (χ0n) is 20.4. The first-order valence-corrected chi connectivity index (χ1v) is 13.0. The van der Waals surface area contributed by atoms with Crippen molar-refractivity contribution in [2.45, 2.75) is 32.4 Å². The van der Waals surface area contributed by atoms with Gasteiger partial charge in [0.15, 0.2) is 5.78 Å². The van der Waals surface area contributed by atoms with Crippen molar-refractivity contribution in [2.24, 2.45) is 0 Å². The lowest BCUT2D eigenvalue weighted by Gasteiger charge is -2.11. The Morgan fingerprint density at radius 3 is 2.65 bits per heavy atom. The molecule has 2 aliphatic heterocycles. The third-order valence-corrected chi connectivity index (χ3v) is 7.43. The topological polar surface area (TPSA) is 97.7 Å². The predicted molar refractivity (Wildman–Crippen MR) is 142 cm³/mol. The second kappa shape index (κ2) is 10.7. The van der Waals surface area contributed by atoms with Gasteiger partial charge in [0.25, 0.3) is 11.1 Å². The monoisotopic (exact) mass is 517 g/mol. The molecule has 2 saturated heterocycles. The Morgan fingerprint density at radius 2 is 1.89 bits per heavy atom. The van der Waals surface area contributed by atoms with E-state index in [9.17, 15) is 19.2 Å².